The van der Waals surface area contributed by atoms with Crippen LogP contribution >= 0.6 is 23.1 Å². The Labute approximate surface area is 96.2 Å². The van der Waals surface area contributed by atoms with E-state index in [1.54, 1.807) is 12.4 Å². The molecular formula is C10H10N2OS2. The van der Waals surface area contributed by atoms with Gasteiger partial charge in [0.25, 0.3) is 0 Å². The van der Waals surface area contributed by atoms with E-state index >= 15 is 0 Å². The highest BCUT2D eigenvalue weighted by Crippen LogP contribution is 2.33. The molecule has 1 N–H and O–H groups in total. The molecule has 1 atom stereocenters. The van der Waals surface area contributed by atoms with Gasteiger partial charge in [0.05, 0.1) is 6.10 Å². The summed E-state index contributed by atoms with van der Waals surface area (Å²) in [4.78, 5) is 1.03. The first kappa shape index (κ1) is 10.6. The molecule has 5 heteroatoms. The molecule has 1 aromatic carbocycles. The zero-order valence-electron chi connectivity index (χ0n) is 8.12. The van der Waals surface area contributed by atoms with E-state index in [1.807, 2.05) is 24.3 Å². The molecule has 1 aromatic heterocycles. The molecule has 3 nitrogen and oxygen atoms in total. The van der Waals surface area contributed by atoms with Gasteiger partial charge >= 0.3 is 0 Å². The number of aromatic nitrogens is 2. The second-order valence-electron chi connectivity index (χ2n) is 3.02. The van der Waals surface area contributed by atoms with Gasteiger partial charge in [-0.3, -0.25) is 0 Å². The number of hydrogen-bond acceptors (Lipinski definition) is 5. The third-order valence-electron chi connectivity index (χ3n) is 1.91. The van der Waals surface area contributed by atoms with Gasteiger partial charge < -0.3 is 5.11 Å². The molecule has 0 radical (unpaired) electrons. The average Bonchev–Trinajstić information content (AvgIpc) is 2.71. The van der Waals surface area contributed by atoms with Crippen molar-refractivity contribution in [3.05, 3.63) is 35.3 Å². The lowest BCUT2D eigenvalue weighted by molar-refractivity contribution is 0.196. The molecule has 1 heterocycles. The van der Waals surface area contributed by atoms with Crippen molar-refractivity contribution in [3.63, 3.8) is 0 Å². The quantitative estimate of drug-likeness (QED) is 0.893. The smallest absolute Gasteiger partial charge is 0.178 e. The van der Waals surface area contributed by atoms with Crippen LogP contribution in [0.25, 0.3) is 0 Å². The molecule has 78 valence electrons. The molecule has 15 heavy (non-hydrogen) atoms. The lowest BCUT2D eigenvalue weighted by Gasteiger charge is -2.09. The van der Waals surface area contributed by atoms with Gasteiger partial charge in [0.1, 0.15) is 5.51 Å². The molecule has 2 aromatic rings. The minimum atomic E-state index is -0.457. The van der Waals surface area contributed by atoms with Crippen LogP contribution in [0.3, 0.4) is 0 Å². The van der Waals surface area contributed by atoms with E-state index in [1.165, 1.54) is 23.1 Å². The highest BCUT2D eigenvalue weighted by Gasteiger charge is 2.09. The summed E-state index contributed by atoms with van der Waals surface area (Å²) < 4.78 is 0.892. The fourth-order valence-electron chi connectivity index (χ4n) is 1.22. The highest BCUT2D eigenvalue weighted by atomic mass is 32.2. The molecule has 0 aliphatic heterocycles. The molecule has 0 saturated carbocycles. The minimum Gasteiger partial charge on any atom is -0.389 e. The fourth-order valence-corrected chi connectivity index (χ4v) is 2.87. The van der Waals surface area contributed by atoms with E-state index < -0.39 is 6.10 Å². The Hall–Kier alpha value is -0.910. The summed E-state index contributed by atoms with van der Waals surface area (Å²) in [5.41, 5.74) is 2.63. The van der Waals surface area contributed by atoms with Crippen LogP contribution in [0.15, 0.2) is 39.0 Å². The van der Waals surface area contributed by atoms with Crippen LogP contribution in [0.5, 0.6) is 0 Å². The summed E-state index contributed by atoms with van der Waals surface area (Å²) in [6, 6.07) is 7.78. The molecule has 0 aliphatic carbocycles. The molecule has 0 unspecified atom stereocenters. The van der Waals surface area contributed by atoms with E-state index in [-0.39, 0.29) is 0 Å². The summed E-state index contributed by atoms with van der Waals surface area (Å²) in [6.45, 7) is 1.76. The lowest BCUT2D eigenvalue weighted by Crippen LogP contribution is -1.93. The summed E-state index contributed by atoms with van der Waals surface area (Å²) in [6.07, 6.45) is -0.457. The third-order valence-corrected chi connectivity index (χ3v) is 3.78. The first-order valence-corrected chi connectivity index (χ1v) is 6.18. The molecule has 0 amide bonds. The second kappa shape index (κ2) is 4.74. The van der Waals surface area contributed by atoms with Crippen molar-refractivity contribution in [1.82, 2.24) is 10.2 Å². The Morgan fingerprint density at radius 3 is 2.87 bits per heavy atom. The molecule has 0 aliphatic rings. The van der Waals surface area contributed by atoms with Crippen molar-refractivity contribution in [2.24, 2.45) is 0 Å². The Morgan fingerprint density at radius 2 is 2.20 bits per heavy atom. The normalized spacial score (nSPS) is 12.7. The van der Waals surface area contributed by atoms with Gasteiger partial charge in [-0.2, -0.15) is 0 Å². The van der Waals surface area contributed by atoms with Crippen molar-refractivity contribution in [1.29, 1.82) is 0 Å². The van der Waals surface area contributed by atoms with Crippen molar-refractivity contribution in [2.45, 2.75) is 22.3 Å². The second-order valence-corrected chi connectivity index (χ2v) is 5.14. The van der Waals surface area contributed by atoms with E-state index in [0.717, 1.165) is 14.8 Å². The van der Waals surface area contributed by atoms with Crippen molar-refractivity contribution >= 4 is 23.1 Å². The standard InChI is InChI=1S/C10H10N2OS2/c1-7(13)8-4-2-3-5-9(8)15-10-12-11-6-14-10/h2-7,13H,1H3/t7-/m0/s1. The number of benzene rings is 1. The summed E-state index contributed by atoms with van der Waals surface area (Å²) in [5.74, 6) is 0. The van der Waals surface area contributed by atoms with Gasteiger partial charge in [0.15, 0.2) is 4.34 Å². The van der Waals surface area contributed by atoms with Crippen LogP contribution in [0, 0.1) is 0 Å². The predicted octanol–water partition coefficient (Wildman–Crippen LogP) is 2.74. The van der Waals surface area contributed by atoms with Gasteiger partial charge in [-0.1, -0.05) is 41.3 Å². The molecule has 0 saturated heterocycles. The topological polar surface area (TPSA) is 46.0 Å². The maximum absolute atomic E-state index is 9.59. The SMILES string of the molecule is C[C@H](O)c1ccccc1Sc1nncs1. The Morgan fingerprint density at radius 1 is 1.40 bits per heavy atom. The predicted molar refractivity (Wildman–Crippen MR) is 61.1 cm³/mol. The van der Waals surface area contributed by atoms with E-state index in [9.17, 15) is 5.11 Å². The van der Waals surface area contributed by atoms with Crippen LogP contribution in [0.2, 0.25) is 0 Å². The molecule has 0 fully saturated rings. The molecular weight excluding hydrogens is 228 g/mol. The monoisotopic (exact) mass is 238 g/mol. The summed E-state index contributed by atoms with van der Waals surface area (Å²) in [7, 11) is 0. The lowest BCUT2D eigenvalue weighted by atomic mass is 10.1. The van der Waals surface area contributed by atoms with Gasteiger partial charge in [-0.15, -0.1) is 10.2 Å². The minimum absolute atomic E-state index is 0.457. The summed E-state index contributed by atoms with van der Waals surface area (Å²) >= 11 is 3.03. The number of rotatable bonds is 3. The number of hydrogen-bond donors (Lipinski definition) is 1. The first-order valence-electron chi connectivity index (χ1n) is 4.48. The van der Waals surface area contributed by atoms with Crippen LogP contribution in [-0.4, -0.2) is 15.3 Å². The van der Waals surface area contributed by atoms with Gasteiger partial charge in [-0.05, 0) is 18.6 Å². The van der Waals surface area contributed by atoms with Crippen molar-refractivity contribution in [2.75, 3.05) is 0 Å². The zero-order valence-corrected chi connectivity index (χ0v) is 9.76. The van der Waals surface area contributed by atoms with Crippen LogP contribution in [0.4, 0.5) is 0 Å². The largest absolute Gasteiger partial charge is 0.389 e. The first-order chi connectivity index (χ1) is 7.27. The van der Waals surface area contributed by atoms with Crippen LogP contribution < -0.4 is 0 Å². The average molecular weight is 238 g/mol. The van der Waals surface area contributed by atoms with E-state index in [0.29, 0.717) is 0 Å². The maximum Gasteiger partial charge on any atom is 0.178 e. The molecule has 2 rings (SSSR count). The summed E-state index contributed by atoms with van der Waals surface area (Å²) in [5, 5.41) is 17.3. The Kier molecular flexibility index (Phi) is 3.35. The Balaban J connectivity index is 2.28. The maximum atomic E-state index is 9.59. The van der Waals surface area contributed by atoms with Gasteiger partial charge in [0.2, 0.25) is 0 Å². The van der Waals surface area contributed by atoms with Crippen molar-refractivity contribution < 1.29 is 5.11 Å². The number of aliphatic hydroxyl groups excluding tert-OH is 1. The van der Waals surface area contributed by atoms with Crippen molar-refractivity contribution in [3.8, 4) is 0 Å². The highest BCUT2D eigenvalue weighted by molar-refractivity contribution is 8.01. The van der Waals surface area contributed by atoms with Gasteiger partial charge in [-0.25, -0.2) is 0 Å². The zero-order chi connectivity index (χ0) is 10.7. The number of aliphatic hydroxyl groups is 1. The molecule has 0 spiro atoms. The van der Waals surface area contributed by atoms with Gasteiger partial charge in [0, 0.05) is 4.90 Å². The van der Waals surface area contributed by atoms with E-state index in [4.69, 9.17) is 0 Å². The molecule has 0 bridgehead atoms. The number of nitrogens with zero attached hydrogens (tertiary/aromatic N) is 2. The van der Waals surface area contributed by atoms with Crippen LogP contribution in [0.1, 0.15) is 18.6 Å². The van der Waals surface area contributed by atoms with Crippen LogP contribution in [-0.2, 0) is 0 Å². The Bertz CT molecular complexity index is 429. The fraction of sp³-hybridized carbons (Fsp3) is 0.200. The third kappa shape index (κ3) is 2.56. The van der Waals surface area contributed by atoms with E-state index in [2.05, 4.69) is 10.2 Å².